The van der Waals surface area contributed by atoms with Gasteiger partial charge >= 0.3 is 0 Å². The maximum absolute atomic E-state index is 12.2. The molecule has 86 valence electrons. The van der Waals surface area contributed by atoms with E-state index in [-0.39, 0.29) is 22.7 Å². The predicted octanol–water partition coefficient (Wildman–Crippen LogP) is 3.81. The molecule has 0 N–H and O–H groups in total. The number of Topliss-reactive ketones (excluding diaryl/α,β-unsaturated/α-hetero) is 1. The molecule has 0 aromatic carbocycles. The topological polar surface area (TPSA) is 17.1 Å². The van der Waals surface area contributed by atoms with Gasteiger partial charge in [0, 0.05) is 17.4 Å². The van der Waals surface area contributed by atoms with Crippen LogP contribution in [0, 0.1) is 11.8 Å². The van der Waals surface area contributed by atoms with E-state index < -0.39 is 9.75 Å². The minimum absolute atomic E-state index is 0.0253. The summed E-state index contributed by atoms with van der Waals surface area (Å²) in [5.74, 6) is -0.235. The van der Waals surface area contributed by atoms with Crippen LogP contribution in [-0.4, -0.2) is 15.5 Å². The molecule has 0 aromatic rings. The van der Waals surface area contributed by atoms with Crippen LogP contribution >= 0.6 is 46.4 Å². The molecule has 2 bridgehead atoms. The fourth-order valence-corrected chi connectivity index (χ4v) is 4.73. The molecule has 0 radical (unpaired) electrons. The van der Waals surface area contributed by atoms with Crippen LogP contribution in [-0.2, 0) is 4.79 Å². The molecule has 0 saturated heterocycles. The third kappa shape index (κ3) is 1.04. The van der Waals surface area contributed by atoms with Gasteiger partial charge in [0.2, 0.25) is 0 Å². The molecule has 4 atom stereocenters. The summed E-state index contributed by atoms with van der Waals surface area (Å²) in [5, 5.41) is 0.382. The van der Waals surface area contributed by atoms with Crippen molar-refractivity contribution in [3.63, 3.8) is 0 Å². The molecule has 0 heterocycles. The molecule has 5 heteroatoms. The van der Waals surface area contributed by atoms with Gasteiger partial charge in [-0.15, -0.1) is 23.2 Å². The Balaban J connectivity index is 2.22. The fourth-order valence-electron chi connectivity index (χ4n) is 3.11. The average Bonchev–Trinajstić information content (AvgIpc) is 2.79. The van der Waals surface area contributed by atoms with Crippen molar-refractivity contribution in [3.05, 3.63) is 22.2 Å². The summed E-state index contributed by atoms with van der Waals surface area (Å²) < 4.78 is 0. The second-order valence-corrected chi connectivity index (χ2v) is 6.74. The molecule has 3 aliphatic rings. The van der Waals surface area contributed by atoms with Crippen molar-refractivity contribution in [3.8, 4) is 0 Å². The quantitative estimate of drug-likeness (QED) is 0.491. The van der Waals surface area contributed by atoms with Crippen LogP contribution in [0.2, 0.25) is 0 Å². The van der Waals surface area contributed by atoms with Crippen molar-refractivity contribution in [1.29, 1.82) is 0 Å². The zero-order chi connectivity index (χ0) is 11.7. The fraction of sp³-hybridized carbons (Fsp3) is 0.545. The number of fused-ring (bicyclic) bond motifs is 5. The zero-order valence-corrected chi connectivity index (χ0v) is 11.2. The van der Waals surface area contributed by atoms with E-state index in [9.17, 15) is 4.79 Å². The number of allylic oxidation sites excluding steroid dienone is 4. The predicted molar refractivity (Wildman–Crippen MR) is 66.3 cm³/mol. The number of halogens is 4. The van der Waals surface area contributed by atoms with Crippen molar-refractivity contribution in [2.45, 2.75) is 22.6 Å². The molecule has 3 rings (SSSR count). The summed E-state index contributed by atoms with van der Waals surface area (Å²) >= 11 is 25.0. The van der Waals surface area contributed by atoms with Gasteiger partial charge in [0.25, 0.3) is 0 Å². The van der Waals surface area contributed by atoms with Gasteiger partial charge in [-0.1, -0.05) is 35.4 Å². The molecule has 1 fully saturated rings. The summed E-state index contributed by atoms with van der Waals surface area (Å²) in [6.45, 7) is 0. The maximum atomic E-state index is 12.2. The van der Waals surface area contributed by atoms with Crippen molar-refractivity contribution in [2.75, 3.05) is 0 Å². The summed E-state index contributed by atoms with van der Waals surface area (Å²) in [7, 11) is 0. The first kappa shape index (κ1) is 11.4. The number of ketones is 1. The van der Waals surface area contributed by atoms with Gasteiger partial charge in [0.1, 0.15) is 9.91 Å². The average molecular weight is 298 g/mol. The lowest BCUT2D eigenvalue weighted by Crippen LogP contribution is -2.57. The van der Waals surface area contributed by atoms with E-state index in [1.54, 1.807) is 0 Å². The third-order valence-electron chi connectivity index (χ3n) is 3.97. The second-order valence-electron chi connectivity index (χ2n) is 4.63. The minimum Gasteiger partial charge on any atom is -0.291 e. The SMILES string of the molecule is O=C1C(Cl)=C(Cl)C[C@@]2(Cl)[C@H]3C=C[C@@H](C3)[C@@]12Cl. The first-order chi connectivity index (χ1) is 7.41. The second kappa shape index (κ2) is 3.20. The van der Waals surface area contributed by atoms with Crippen molar-refractivity contribution >= 4 is 52.2 Å². The summed E-state index contributed by atoms with van der Waals surface area (Å²) in [6, 6.07) is 0. The van der Waals surface area contributed by atoms with Crippen molar-refractivity contribution < 1.29 is 4.79 Å². The Morgan fingerprint density at radius 2 is 1.81 bits per heavy atom. The summed E-state index contributed by atoms with van der Waals surface area (Å²) in [6.07, 6.45) is 5.19. The van der Waals surface area contributed by atoms with Gasteiger partial charge in [0.05, 0.1) is 4.87 Å². The zero-order valence-electron chi connectivity index (χ0n) is 8.14. The Morgan fingerprint density at radius 1 is 1.19 bits per heavy atom. The number of hydrogen-bond donors (Lipinski definition) is 0. The number of rotatable bonds is 0. The number of alkyl halides is 2. The Morgan fingerprint density at radius 3 is 2.50 bits per heavy atom. The van der Waals surface area contributed by atoms with E-state index in [1.807, 2.05) is 12.2 Å². The number of hydrogen-bond acceptors (Lipinski definition) is 1. The smallest absolute Gasteiger partial charge is 0.198 e. The highest BCUT2D eigenvalue weighted by Gasteiger charge is 2.70. The van der Waals surface area contributed by atoms with E-state index >= 15 is 0 Å². The number of carbonyl (C=O) groups excluding carboxylic acids is 1. The van der Waals surface area contributed by atoms with E-state index in [0.717, 1.165) is 6.42 Å². The summed E-state index contributed by atoms with van der Waals surface area (Å²) in [5.41, 5.74) is 0. The van der Waals surface area contributed by atoms with Crippen molar-refractivity contribution in [1.82, 2.24) is 0 Å². The van der Waals surface area contributed by atoms with Crippen LogP contribution in [0.3, 0.4) is 0 Å². The third-order valence-corrected chi connectivity index (χ3v) is 6.38. The molecule has 16 heavy (non-hydrogen) atoms. The Labute approximate surface area is 113 Å². The Kier molecular flexibility index (Phi) is 2.28. The molecule has 0 aromatic heterocycles. The highest BCUT2D eigenvalue weighted by Crippen LogP contribution is 2.65. The normalized spacial score (nSPS) is 50.1. The maximum Gasteiger partial charge on any atom is 0.198 e. The van der Waals surface area contributed by atoms with Crippen LogP contribution < -0.4 is 0 Å². The molecular formula is C11H8Cl4O. The number of carbonyl (C=O) groups is 1. The van der Waals surface area contributed by atoms with Crippen LogP contribution in [0.5, 0.6) is 0 Å². The standard InChI is InChI=1S/C11H8Cl4O/c12-7-4-10(14)5-1-2-6(3-5)11(10,15)9(16)8(7)13/h1-2,5-6H,3-4H2/t5-,6-,10+,11+/m0/s1. The van der Waals surface area contributed by atoms with Gasteiger partial charge < -0.3 is 0 Å². The Bertz CT molecular complexity index is 455. The molecular weight excluding hydrogens is 290 g/mol. The monoisotopic (exact) mass is 296 g/mol. The highest BCUT2D eigenvalue weighted by molar-refractivity contribution is 6.57. The first-order valence-corrected chi connectivity index (χ1v) is 6.57. The highest BCUT2D eigenvalue weighted by atomic mass is 35.5. The molecule has 0 unspecified atom stereocenters. The first-order valence-electron chi connectivity index (χ1n) is 5.06. The lowest BCUT2D eigenvalue weighted by atomic mass is 9.73. The molecule has 0 aliphatic heterocycles. The van der Waals surface area contributed by atoms with E-state index in [4.69, 9.17) is 46.4 Å². The van der Waals surface area contributed by atoms with Gasteiger partial charge in [-0.3, -0.25) is 4.79 Å². The van der Waals surface area contributed by atoms with Crippen LogP contribution in [0.25, 0.3) is 0 Å². The molecule has 1 saturated carbocycles. The molecule has 1 nitrogen and oxygen atoms in total. The van der Waals surface area contributed by atoms with Gasteiger partial charge in [-0.25, -0.2) is 0 Å². The van der Waals surface area contributed by atoms with E-state index in [2.05, 4.69) is 0 Å². The van der Waals surface area contributed by atoms with Crippen LogP contribution in [0.15, 0.2) is 22.2 Å². The largest absolute Gasteiger partial charge is 0.291 e. The summed E-state index contributed by atoms with van der Waals surface area (Å²) in [4.78, 5) is 10.3. The van der Waals surface area contributed by atoms with Gasteiger partial charge in [-0.05, 0) is 12.3 Å². The van der Waals surface area contributed by atoms with E-state index in [1.165, 1.54) is 0 Å². The van der Waals surface area contributed by atoms with Gasteiger partial charge in [-0.2, -0.15) is 0 Å². The minimum atomic E-state index is -1.11. The van der Waals surface area contributed by atoms with Crippen LogP contribution in [0.4, 0.5) is 0 Å². The lowest BCUT2D eigenvalue weighted by Gasteiger charge is -2.44. The van der Waals surface area contributed by atoms with Crippen molar-refractivity contribution in [2.24, 2.45) is 11.8 Å². The Hall–Kier alpha value is 0.310. The molecule has 3 aliphatic carbocycles. The lowest BCUT2D eigenvalue weighted by molar-refractivity contribution is -0.119. The van der Waals surface area contributed by atoms with Gasteiger partial charge in [0.15, 0.2) is 5.78 Å². The van der Waals surface area contributed by atoms with Crippen LogP contribution in [0.1, 0.15) is 12.8 Å². The van der Waals surface area contributed by atoms with E-state index in [0.29, 0.717) is 11.5 Å². The molecule has 0 spiro atoms. The molecule has 0 amide bonds.